The minimum atomic E-state index is 0.453. The Labute approximate surface area is 189 Å². The normalized spacial score (nSPS) is 10.4. The highest BCUT2D eigenvalue weighted by Gasteiger charge is 2.09. The summed E-state index contributed by atoms with van der Waals surface area (Å²) in [6.07, 6.45) is 0. The van der Waals surface area contributed by atoms with Crippen LogP contribution < -0.4 is 9.47 Å². The lowest BCUT2D eigenvalue weighted by Crippen LogP contribution is -2.00. The first-order valence-corrected chi connectivity index (χ1v) is 10.6. The zero-order valence-electron chi connectivity index (χ0n) is 17.9. The molecule has 4 rings (SSSR count). The molecule has 0 saturated carbocycles. The summed E-state index contributed by atoms with van der Waals surface area (Å²) in [5.41, 5.74) is 4.12. The highest BCUT2D eigenvalue weighted by molar-refractivity contribution is 5.61. The van der Waals surface area contributed by atoms with Gasteiger partial charge in [-0.2, -0.15) is 0 Å². The molecule has 160 valence electrons. The predicted octanol–water partition coefficient (Wildman–Crippen LogP) is 7.03. The molecule has 3 nitrogen and oxygen atoms in total. The average Bonchev–Trinajstić information content (AvgIpc) is 2.86. The van der Waals surface area contributed by atoms with Crippen LogP contribution in [0.25, 0.3) is 5.76 Å². The van der Waals surface area contributed by atoms with Gasteiger partial charge in [0, 0.05) is 11.6 Å². The molecule has 0 radical (unpaired) electrons. The molecule has 0 N–H and O–H groups in total. The van der Waals surface area contributed by atoms with E-state index in [0.29, 0.717) is 37.1 Å². The van der Waals surface area contributed by atoms with E-state index in [-0.39, 0.29) is 0 Å². The number of rotatable bonds is 10. The first-order valence-electron chi connectivity index (χ1n) is 10.6. The largest absolute Gasteiger partial charge is 0.489 e. The van der Waals surface area contributed by atoms with Gasteiger partial charge < -0.3 is 14.2 Å². The molecule has 0 aliphatic heterocycles. The Balaban J connectivity index is 1.49. The molecule has 4 aromatic carbocycles. The first kappa shape index (κ1) is 21.3. The first-order chi connectivity index (χ1) is 15.8. The van der Waals surface area contributed by atoms with Crippen LogP contribution in [0.2, 0.25) is 0 Å². The number of hydrogen-bond acceptors (Lipinski definition) is 3. The Morgan fingerprint density at radius 1 is 0.531 bits per heavy atom. The number of benzene rings is 4. The quantitative estimate of drug-likeness (QED) is 0.257. The maximum atomic E-state index is 6.06. The third-order valence-corrected chi connectivity index (χ3v) is 4.95. The molecule has 0 saturated heterocycles. The molecule has 0 fully saturated rings. The molecular formula is C29H26O3. The zero-order chi connectivity index (χ0) is 22.0. The Bertz CT molecular complexity index is 1060. The Kier molecular flexibility index (Phi) is 7.22. The lowest BCUT2D eigenvalue weighted by molar-refractivity contribution is 0.263. The second kappa shape index (κ2) is 10.9. The van der Waals surface area contributed by atoms with Crippen LogP contribution in [0.15, 0.2) is 116 Å². The van der Waals surface area contributed by atoms with Gasteiger partial charge in [-0.05, 0) is 28.8 Å². The van der Waals surface area contributed by atoms with Crippen LogP contribution in [0, 0.1) is 0 Å². The molecule has 0 amide bonds. The smallest absolute Gasteiger partial charge is 0.124 e. The van der Waals surface area contributed by atoms with Gasteiger partial charge in [0.05, 0.1) is 0 Å². The summed E-state index contributed by atoms with van der Waals surface area (Å²) in [7, 11) is 0. The molecule has 0 bridgehead atoms. The monoisotopic (exact) mass is 422 g/mol. The average molecular weight is 423 g/mol. The van der Waals surface area contributed by atoms with Crippen LogP contribution in [0.5, 0.6) is 11.5 Å². The lowest BCUT2D eigenvalue weighted by Gasteiger charge is -2.15. The summed E-state index contributed by atoms with van der Waals surface area (Å²) in [5, 5.41) is 0. The number of hydrogen-bond donors (Lipinski definition) is 0. The van der Waals surface area contributed by atoms with Crippen molar-refractivity contribution in [3.63, 3.8) is 0 Å². The summed E-state index contributed by atoms with van der Waals surface area (Å²) < 4.78 is 18.1. The van der Waals surface area contributed by atoms with E-state index in [4.69, 9.17) is 14.2 Å². The standard InChI is InChI=1S/C29H26O3/c1-23(30-20-24-11-5-2-6-12-24)27-17-28(31-21-25-13-7-3-8-14-25)19-29(18-27)32-22-26-15-9-4-10-16-26/h2-19H,1,20-22H2. The van der Waals surface area contributed by atoms with E-state index in [1.807, 2.05) is 109 Å². The molecule has 4 aromatic rings. The predicted molar refractivity (Wildman–Crippen MR) is 128 cm³/mol. The van der Waals surface area contributed by atoms with Crippen LogP contribution in [0.1, 0.15) is 22.3 Å². The van der Waals surface area contributed by atoms with Crippen molar-refractivity contribution in [2.45, 2.75) is 19.8 Å². The van der Waals surface area contributed by atoms with Crippen LogP contribution in [0.3, 0.4) is 0 Å². The molecule has 0 aliphatic rings. The van der Waals surface area contributed by atoms with Crippen LogP contribution in [-0.4, -0.2) is 0 Å². The molecule has 0 unspecified atom stereocenters. The van der Waals surface area contributed by atoms with Gasteiger partial charge in [-0.15, -0.1) is 0 Å². The van der Waals surface area contributed by atoms with E-state index in [1.165, 1.54) is 0 Å². The third-order valence-electron chi connectivity index (χ3n) is 4.95. The summed E-state index contributed by atoms with van der Waals surface area (Å²) >= 11 is 0. The molecule has 0 atom stereocenters. The van der Waals surface area contributed by atoms with Crippen molar-refractivity contribution in [2.75, 3.05) is 0 Å². The highest BCUT2D eigenvalue weighted by Crippen LogP contribution is 2.29. The van der Waals surface area contributed by atoms with Crippen molar-refractivity contribution in [1.82, 2.24) is 0 Å². The molecule has 0 spiro atoms. The van der Waals surface area contributed by atoms with Crippen LogP contribution in [-0.2, 0) is 24.6 Å². The van der Waals surface area contributed by atoms with Crippen LogP contribution >= 0.6 is 0 Å². The van der Waals surface area contributed by atoms with Crippen molar-refractivity contribution < 1.29 is 14.2 Å². The summed E-state index contributed by atoms with van der Waals surface area (Å²) in [5.74, 6) is 1.99. The lowest BCUT2D eigenvalue weighted by atomic mass is 10.1. The van der Waals surface area contributed by atoms with Gasteiger partial charge in [0.15, 0.2) is 0 Å². The van der Waals surface area contributed by atoms with Crippen molar-refractivity contribution in [2.24, 2.45) is 0 Å². The fourth-order valence-electron chi connectivity index (χ4n) is 3.21. The fraction of sp³-hybridized carbons (Fsp3) is 0.103. The Morgan fingerprint density at radius 2 is 0.938 bits per heavy atom. The molecule has 3 heteroatoms. The summed E-state index contributed by atoms with van der Waals surface area (Å²) in [6.45, 7) is 5.52. The van der Waals surface area contributed by atoms with E-state index in [0.717, 1.165) is 22.3 Å². The van der Waals surface area contributed by atoms with Crippen molar-refractivity contribution >= 4 is 5.76 Å². The van der Waals surface area contributed by atoms with Crippen molar-refractivity contribution in [3.05, 3.63) is 138 Å². The fourth-order valence-corrected chi connectivity index (χ4v) is 3.21. The Morgan fingerprint density at radius 3 is 1.38 bits per heavy atom. The van der Waals surface area contributed by atoms with E-state index >= 15 is 0 Å². The second-order valence-electron chi connectivity index (χ2n) is 7.44. The van der Waals surface area contributed by atoms with Gasteiger partial charge in [0.25, 0.3) is 0 Å². The number of ether oxygens (including phenoxy) is 3. The Hall–Kier alpha value is -3.98. The van der Waals surface area contributed by atoms with Gasteiger partial charge in [0.2, 0.25) is 0 Å². The van der Waals surface area contributed by atoms with Gasteiger partial charge in [-0.25, -0.2) is 0 Å². The van der Waals surface area contributed by atoms with Gasteiger partial charge >= 0.3 is 0 Å². The molecule has 32 heavy (non-hydrogen) atoms. The molecule has 0 aliphatic carbocycles. The minimum Gasteiger partial charge on any atom is -0.489 e. The van der Waals surface area contributed by atoms with Crippen molar-refractivity contribution in [3.8, 4) is 11.5 Å². The highest BCUT2D eigenvalue weighted by atomic mass is 16.5. The molecule has 0 aromatic heterocycles. The van der Waals surface area contributed by atoms with Gasteiger partial charge in [-0.1, -0.05) is 97.6 Å². The van der Waals surface area contributed by atoms with Gasteiger partial charge in [-0.3, -0.25) is 0 Å². The SMILES string of the molecule is C=C(OCc1ccccc1)c1cc(OCc2ccccc2)cc(OCc2ccccc2)c1. The van der Waals surface area contributed by atoms with Gasteiger partial charge in [0.1, 0.15) is 37.1 Å². The van der Waals surface area contributed by atoms with Crippen molar-refractivity contribution in [1.29, 1.82) is 0 Å². The summed E-state index contributed by atoms with van der Waals surface area (Å²) in [6, 6.07) is 36.0. The topological polar surface area (TPSA) is 27.7 Å². The van der Waals surface area contributed by atoms with E-state index in [2.05, 4.69) is 6.58 Å². The molecule has 0 heterocycles. The minimum absolute atomic E-state index is 0.453. The van der Waals surface area contributed by atoms with E-state index in [9.17, 15) is 0 Å². The van der Waals surface area contributed by atoms with E-state index < -0.39 is 0 Å². The summed E-state index contributed by atoms with van der Waals surface area (Å²) in [4.78, 5) is 0. The maximum Gasteiger partial charge on any atom is 0.124 e. The van der Waals surface area contributed by atoms with E-state index in [1.54, 1.807) is 0 Å². The maximum absolute atomic E-state index is 6.06. The molecular weight excluding hydrogens is 396 g/mol. The second-order valence-corrected chi connectivity index (χ2v) is 7.44. The third kappa shape index (κ3) is 6.26. The zero-order valence-corrected chi connectivity index (χ0v) is 17.9. The van der Waals surface area contributed by atoms with Crippen LogP contribution in [0.4, 0.5) is 0 Å².